The van der Waals surface area contributed by atoms with Gasteiger partial charge in [0.1, 0.15) is 4.60 Å². The zero-order valence-corrected chi connectivity index (χ0v) is 9.21. The van der Waals surface area contributed by atoms with Crippen molar-refractivity contribution in [1.82, 2.24) is 9.78 Å². The Morgan fingerprint density at radius 2 is 2.17 bits per heavy atom. The van der Waals surface area contributed by atoms with Crippen LogP contribution >= 0.6 is 15.9 Å². The zero-order valence-electron chi connectivity index (χ0n) is 7.63. The van der Waals surface area contributed by atoms with E-state index in [1.54, 1.807) is 0 Å². The van der Waals surface area contributed by atoms with E-state index in [-0.39, 0.29) is 0 Å². The predicted octanol–water partition coefficient (Wildman–Crippen LogP) is 3.08. The van der Waals surface area contributed by atoms with Crippen LogP contribution in [0.3, 0.4) is 0 Å². The molecule has 0 aliphatic heterocycles. The van der Waals surface area contributed by atoms with E-state index >= 15 is 0 Å². The fourth-order valence-electron chi connectivity index (χ4n) is 1.24. The van der Waals surface area contributed by atoms with Crippen LogP contribution in [0.4, 0.5) is 0 Å². The van der Waals surface area contributed by atoms with Crippen molar-refractivity contribution in [2.75, 3.05) is 0 Å². The summed E-state index contributed by atoms with van der Waals surface area (Å²) in [6.07, 6.45) is 4.28. The first-order valence-corrected chi connectivity index (χ1v) is 5.24. The molecule has 0 N–H and O–H groups in total. The van der Waals surface area contributed by atoms with E-state index in [4.69, 9.17) is 0 Å². The van der Waals surface area contributed by atoms with Gasteiger partial charge in [-0.05, 0) is 27.9 Å². The lowest BCUT2D eigenvalue weighted by Crippen LogP contribution is -2.10. The molecule has 0 amide bonds. The molecule has 0 fully saturated rings. The Bertz CT molecular complexity index is 228. The minimum Gasteiger partial charge on any atom is -0.258 e. The Kier molecular flexibility index (Phi) is 3.79. The molecule has 0 aliphatic rings. The van der Waals surface area contributed by atoms with Crippen LogP contribution in [0.2, 0.25) is 0 Å². The molecular formula is C9H15BrN2. The summed E-state index contributed by atoms with van der Waals surface area (Å²) in [7, 11) is 0. The van der Waals surface area contributed by atoms with Crippen LogP contribution in [0.5, 0.6) is 0 Å². The molecule has 0 saturated carbocycles. The summed E-state index contributed by atoms with van der Waals surface area (Å²) in [4.78, 5) is 0. The number of nitrogens with zero attached hydrogens (tertiary/aromatic N) is 2. The average Bonchev–Trinajstić information content (AvgIpc) is 2.47. The van der Waals surface area contributed by atoms with Crippen LogP contribution in [0.15, 0.2) is 16.9 Å². The maximum absolute atomic E-state index is 4.22. The van der Waals surface area contributed by atoms with E-state index in [9.17, 15) is 0 Å². The summed E-state index contributed by atoms with van der Waals surface area (Å²) in [5.41, 5.74) is 0. The van der Waals surface area contributed by atoms with Gasteiger partial charge in [0, 0.05) is 6.54 Å². The Morgan fingerprint density at radius 3 is 2.58 bits per heavy atom. The number of hydrogen-bond donors (Lipinski definition) is 0. The van der Waals surface area contributed by atoms with Gasteiger partial charge in [-0.15, -0.1) is 0 Å². The highest BCUT2D eigenvalue weighted by Gasteiger charge is 2.06. The average molecular weight is 231 g/mol. The van der Waals surface area contributed by atoms with Crippen LogP contribution < -0.4 is 0 Å². The normalized spacial score (nSPS) is 11.0. The fraction of sp³-hybridized carbons (Fsp3) is 0.667. The summed E-state index contributed by atoms with van der Waals surface area (Å²) in [6.45, 7) is 5.48. The number of halogens is 1. The second kappa shape index (κ2) is 4.65. The van der Waals surface area contributed by atoms with Crippen molar-refractivity contribution in [3.8, 4) is 0 Å². The minimum atomic E-state index is 0.751. The third-order valence-electron chi connectivity index (χ3n) is 2.25. The highest BCUT2D eigenvalue weighted by Crippen LogP contribution is 2.14. The van der Waals surface area contributed by atoms with Crippen LogP contribution in [-0.2, 0) is 6.54 Å². The van der Waals surface area contributed by atoms with Gasteiger partial charge in [-0.2, -0.15) is 5.10 Å². The summed E-state index contributed by atoms with van der Waals surface area (Å²) < 4.78 is 3.09. The van der Waals surface area contributed by atoms with Crippen LogP contribution in [0, 0.1) is 5.92 Å². The number of hydrogen-bond acceptors (Lipinski definition) is 1. The summed E-state index contributed by atoms with van der Waals surface area (Å²) in [5.74, 6) is 0.751. The molecule has 0 aromatic carbocycles. The quantitative estimate of drug-likeness (QED) is 0.778. The lowest BCUT2D eigenvalue weighted by atomic mass is 10.0. The van der Waals surface area contributed by atoms with E-state index in [1.807, 2.05) is 16.9 Å². The van der Waals surface area contributed by atoms with Crippen molar-refractivity contribution in [2.24, 2.45) is 5.92 Å². The molecule has 1 rings (SSSR count). The smallest absolute Gasteiger partial charge is 0.104 e. The largest absolute Gasteiger partial charge is 0.258 e. The number of rotatable bonds is 4. The molecule has 3 heteroatoms. The predicted molar refractivity (Wildman–Crippen MR) is 54.0 cm³/mol. The van der Waals surface area contributed by atoms with Gasteiger partial charge < -0.3 is 0 Å². The van der Waals surface area contributed by atoms with E-state index in [1.165, 1.54) is 12.8 Å². The van der Waals surface area contributed by atoms with Crippen molar-refractivity contribution in [2.45, 2.75) is 33.2 Å². The van der Waals surface area contributed by atoms with Crippen molar-refractivity contribution in [3.05, 3.63) is 16.9 Å². The van der Waals surface area contributed by atoms with Crippen molar-refractivity contribution < 1.29 is 0 Å². The maximum atomic E-state index is 4.22. The molecular weight excluding hydrogens is 216 g/mol. The van der Waals surface area contributed by atoms with E-state index in [2.05, 4.69) is 34.9 Å². The van der Waals surface area contributed by atoms with Gasteiger partial charge in [0.25, 0.3) is 0 Å². The molecule has 0 unspecified atom stereocenters. The third-order valence-corrected chi connectivity index (χ3v) is 2.92. The van der Waals surface area contributed by atoms with Gasteiger partial charge >= 0.3 is 0 Å². The van der Waals surface area contributed by atoms with Crippen molar-refractivity contribution in [3.63, 3.8) is 0 Å². The minimum absolute atomic E-state index is 0.751. The summed E-state index contributed by atoms with van der Waals surface area (Å²) >= 11 is 3.45. The second-order valence-corrected chi connectivity index (χ2v) is 3.83. The van der Waals surface area contributed by atoms with E-state index < -0.39 is 0 Å². The lowest BCUT2D eigenvalue weighted by Gasteiger charge is -2.12. The van der Waals surface area contributed by atoms with Crippen LogP contribution in [-0.4, -0.2) is 9.78 Å². The van der Waals surface area contributed by atoms with Gasteiger partial charge in [0.15, 0.2) is 0 Å². The van der Waals surface area contributed by atoms with Gasteiger partial charge in [0.2, 0.25) is 0 Å². The fourth-order valence-corrected chi connectivity index (χ4v) is 1.60. The summed E-state index contributed by atoms with van der Waals surface area (Å²) in [5, 5.41) is 4.22. The van der Waals surface area contributed by atoms with Gasteiger partial charge in [-0.1, -0.05) is 26.7 Å². The molecule has 1 heterocycles. The first kappa shape index (κ1) is 9.78. The molecule has 0 bridgehead atoms. The molecule has 0 radical (unpaired) electrons. The van der Waals surface area contributed by atoms with Gasteiger partial charge in [-0.3, -0.25) is 4.68 Å². The lowest BCUT2D eigenvalue weighted by molar-refractivity contribution is 0.392. The molecule has 0 atom stereocenters. The Labute approximate surface area is 82.1 Å². The van der Waals surface area contributed by atoms with Crippen LogP contribution in [0.25, 0.3) is 0 Å². The van der Waals surface area contributed by atoms with E-state index in [0.717, 1.165) is 17.1 Å². The highest BCUT2D eigenvalue weighted by molar-refractivity contribution is 9.10. The molecule has 0 saturated heterocycles. The highest BCUT2D eigenvalue weighted by atomic mass is 79.9. The molecule has 2 nitrogen and oxygen atoms in total. The molecule has 1 aromatic heterocycles. The summed E-state index contributed by atoms with van der Waals surface area (Å²) in [6, 6.07) is 1.97. The molecule has 1 aromatic rings. The van der Waals surface area contributed by atoms with Crippen molar-refractivity contribution in [1.29, 1.82) is 0 Å². The van der Waals surface area contributed by atoms with E-state index in [0.29, 0.717) is 0 Å². The molecule has 12 heavy (non-hydrogen) atoms. The maximum Gasteiger partial charge on any atom is 0.104 e. The molecule has 0 aliphatic carbocycles. The number of aromatic nitrogens is 2. The first-order chi connectivity index (χ1) is 5.77. The third kappa shape index (κ3) is 2.34. The monoisotopic (exact) mass is 230 g/mol. The molecule has 68 valence electrons. The molecule has 0 spiro atoms. The zero-order chi connectivity index (χ0) is 8.97. The Hall–Kier alpha value is -0.310. The van der Waals surface area contributed by atoms with Gasteiger partial charge in [0.05, 0.1) is 6.20 Å². The van der Waals surface area contributed by atoms with Crippen LogP contribution in [0.1, 0.15) is 26.7 Å². The standard InChI is InChI=1S/C9H15BrN2/c1-3-8(4-2)7-12-9(10)5-6-11-12/h5-6,8H,3-4,7H2,1-2H3. The Morgan fingerprint density at radius 1 is 1.50 bits per heavy atom. The first-order valence-electron chi connectivity index (χ1n) is 4.45. The second-order valence-electron chi connectivity index (χ2n) is 3.02. The topological polar surface area (TPSA) is 17.8 Å². The van der Waals surface area contributed by atoms with Crippen molar-refractivity contribution >= 4 is 15.9 Å². The van der Waals surface area contributed by atoms with Gasteiger partial charge in [-0.25, -0.2) is 0 Å². The SMILES string of the molecule is CCC(CC)Cn1nccc1Br. The Balaban J connectivity index is 2.56.